The van der Waals surface area contributed by atoms with E-state index in [1.54, 1.807) is 0 Å². The second kappa shape index (κ2) is 5.02. The number of halogens is 2. The Morgan fingerprint density at radius 1 is 1.50 bits per heavy atom. The number of rotatable bonds is 4. The summed E-state index contributed by atoms with van der Waals surface area (Å²) in [5, 5.41) is 20.8. The van der Waals surface area contributed by atoms with Gasteiger partial charge in [-0.3, -0.25) is 0 Å². The Bertz CT molecular complexity index is 309. The van der Waals surface area contributed by atoms with Crippen molar-refractivity contribution >= 4 is 17.3 Å². The van der Waals surface area contributed by atoms with Crippen molar-refractivity contribution in [2.24, 2.45) is 0 Å². The molecule has 1 aromatic rings. The summed E-state index contributed by atoms with van der Waals surface area (Å²) in [6.07, 6.45) is -0.738. The predicted molar refractivity (Wildman–Crippen MR) is 53.3 cm³/mol. The fourth-order valence-corrected chi connectivity index (χ4v) is 1.04. The summed E-state index contributed by atoms with van der Waals surface area (Å²) in [6, 6.07) is 3.64. The number of nitrogens with one attached hydrogen (secondary N) is 1. The molecule has 1 aromatic carbocycles. The van der Waals surface area contributed by atoms with Crippen LogP contribution in [0.1, 0.15) is 0 Å². The predicted octanol–water partition coefficient (Wildman–Crippen LogP) is 1.54. The smallest absolute Gasteiger partial charge is 0.146 e. The van der Waals surface area contributed by atoms with Crippen LogP contribution in [0.25, 0.3) is 0 Å². The zero-order chi connectivity index (χ0) is 10.6. The number of anilines is 1. The zero-order valence-corrected chi connectivity index (χ0v) is 8.13. The van der Waals surface area contributed by atoms with Crippen molar-refractivity contribution in [1.29, 1.82) is 0 Å². The van der Waals surface area contributed by atoms with Gasteiger partial charge in [-0.05, 0) is 12.1 Å². The molecule has 3 nitrogen and oxygen atoms in total. The van der Waals surface area contributed by atoms with Crippen molar-refractivity contribution in [3.05, 3.63) is 24.0 Å². The average Bonchev–Trinajstić information content (AvgIpc) is 2.19. The Morgan fingerprint density at radius 2 is 2.21 bits per heavy atom. The maximum Gasteiger partial charge on any atom is 0.146 e. The van der Waals surface area contributed by atoms with E-state index in [1.807, 2.05) is 0 Å². The number of phenols is 1. The molecular formula is C9H11ClFNO2. The molecule has 1 atom stereocenters. The molecule has 0 aromatic heterocycles. The lowest BCUT2D eigenvalue weighted by Gasteiger charge is -2.10. The highest BCUT2D eigenvalue weighted by atomic mass is 35.5. The Balaban J connectivity index is 2.62. The number of aliphatic hydroxyl groups excluding tert-OH is 1. The van der Waals surface area contributed by atoms with Crippen molar-refractivity contribution in [3.8, 4) is 5.75 Å². The van der Waals surface area contributed by atoms with E-state index >= 15 is 0 Å². The fourth-order valence-electron chi connectivity index (χ4n) is 0.931. The summed E-state index contributed by atoms with van der Waals surface area (Å²) in [6.45, 7) is 0.143. The number of alkyl halides is 1. The lowest BCUT2D eigenvalue weighted by atomic mass is 10.2. The second-order valence-electron chi connectivity index (χ2n) is 2.85. The minimum atomic E-state index is -0.738. The van der Waals surface area contributed by atoms with Crippen LogP contribution in [0.15, 0.2) is 18.2 Å². The molecule has 0 heterocycles. The average molecular weight is 220 g/mol. The summed E-state index contributed by atoms with van der Waals surface area (Å²) in [7, 11) is 0. The van der Waals surface area contributed by atoms with Crippen LogP contribution in [-0.2, 0) is 0 Å². The first-order valence-corrected chi connectivity index (χ1v) is 4.63. The van der Waals surface area contributed by atoms with Gasteiger partial charge in [-0.25, -0.2) is 4.39 Å². The van der Waals surface area contributed by atoms with Crippen LogP contribution in [0.3, 0.4) is 0 Å². The Labute approximate surface area is 86.1 Å². The molecule has 14 heavy (non-hydrogen) atoms. The normalized spacial score (nSPS) is 12.5. The first-order chi connectivity index (χ1) is 6.63. The quantitative estimate of drug-likeness (QED) is 0.674. The molecule has 0 spiro atoms. The molecule has 0 saturated carbocycles. The van der Waals surface area contributed by atoms with Gasteiger partial charge in [0.25, 0.3) is 0 Å². The van der Waals surface area contributed by atoms with E-state index in [9.17, 15) is 4.39 Å². The highest BCUT2D eigenvalue weighted by molar-refractivity contribution is 6.18. The van der Waals surface area contributed by atoms with Crippen molar-refractivity contribution in [1.82, 2.24) is 0 Å². The number of hydrogen-bond acceptors (Lipinski definition) is 3. The van der Waals surface area contributed by atoms with Gasteiger partial charge in [0.15, 0.2) is 0 Å². The number of aliphatic hydroxyl groups is 1. The highest BCUT2D eigenvalue weighted by Gasteiger charge is 2.05. The Hall–Kier alpha value is -1.00. The van der Waals surface area contributed by atoms with Gasteiger partial charge in [-0.1, -0.05) is 0 Å². The van der Waals surface area contributed by atoms with E-state index < -0.39 is 11.9 Å². The fraction of sp³-hybridized carbons (Fsp3) is 0.333. The van der Waals surface area contributed by atoms with Gasteiger partial charge in [0.2, 0.25) is 0 Å². The van der Waals surface area contributed by atoms with Crippen molar-refractivity contribution in [2.75, 3.05) is 17.7 Å². The van der Waals surface area contributed by atoms with Crippen molar-refractivity contribution in [2.45, 2.75) is 6.10 Å². The third-order valence-corrected chi connectivity index (χ3v) is 2.01. The van der Waals surface area contributed by atoms with Gasteiger partial charge < -0.3 is 15.5 Å². The molecule has 0 amide bonds. The Kier molecular flexibility index (Phi) is 3.98. The standard InChI is InChI=1S/C9H11ClFNO2/c10-4-7(14)5-12-9-3-6(13)1-2-8(9)11/h1-3,7,12-14H,4-5H2. The van der Waals surface area contributed by atoms with Gasteiger partial charge in [0.1, 0.15) is 11.6 Å². The van der Waals surface area contributed by atoms with E-state index in [0.29, 0.717) is 0 Å². The van der Waals surface area contributed by atoms with Gasteiger partial charge in [0.05, 0.1) is 17.7 Å². The first-order valence-electron chi connectivity index (χ1n) is 4.10. The largest absolute Gasteiger partial charge is 0.508 e. The van der Waals surface area contributed by atoms with E-state index in [4.69, 9.17) is 21.8 Å². The molecule has 3 N–H and O–H groups in total. The van der Waals surface area contributed by atoms with Gasteiger partial charge in [-0.2, -0.15) is 0 Å². The Morgan fingerprint density at radius 3 is 2.86 bits per heavy atom. The maximum atomic E-state index is 13.0. The summed E-state index contributed by atoms with van der Waals surface area (Å²) in [5.41, 5.74) is 0.147. The molecule has 78 valence electrons. The first kappa shape index (κ1) is 11.1. The molecule has 0 fully saturated rings. The van der Waals surface area contributed by atoms with Crippen LogP contribution in [0.4, 0.5) is 10.1 Å². The van der Waals surface area contributed by atoms with E-state index in [2.05, 4.69) is 5.32 Å². The monoisotopic (exact) mass is 219 g/mol. The molecule has 0 aliphatic carbocycles. The molecule has 0 bridgehead atoms. The SMILES string of the molecule is Oc1ccc(F)c(NCC(O)CCl)c1. The van der Waals surface area contributed by atoms with Gasteiger partial charge >= 0.3 is 0 Å². The van der Waals surface area contributed by atoms with Crippen LogP contribution >= 0.6 is 11.6 Å². The summed E-state index contributed by atoms with van der Waals surface area (Å²) >= 11 is 5.36. The van der Waals surface area contributed by atoms with Crippen molar-refractivity contribution in [3.63, 3.8) is 0 Å². The van der Waals surface area contributed by atoms with E-state index in [0.717, 1.165) is 6.07 Å². The molecule has 0 aliphatic heterocycles. The topological polar surface area (TPSA) is 52.5 Å². The number of hydrogen-bond donors (Lipinski definition) is 3. The zero-order valence-electron chi connectivity index (χ0n) is 7.37. The van der Waals surface area contributed by atoms with Crippen LogP contribution in [0, 0.1) is 5.82 Å². The molecule has 1 unspecified atom stereocenters. The molecule has 0 aliphatic rings. The second-order valence-corrected chi connectivity index (χ2v) is 3.16. The molecular weight excluding hydrogens is 209 g/mol. The molecule has 1 rings (SSSR count). The van der Waals surface area contributed by atoms with Crippen LogP contribution in [0.2, 0.25) is 0 Å². The van der Waals surface area contributed by atoms with E-state index in [1.165, 1.54) is 12.1 Å². The molecule has 5 heteroatoms. The lowest BCUT2D eigenvalue weighted by Crippen LogP contribution is -2.21. The number of aromatic hydroxyl groups is 1. The molecule has 0 saturated heterocycles. The van der Waals surface area contributed by atoms with Crippen molar-refractivity contribution < 1.29 is 14.6 Å². The minimum absolute atomic E-state index is 0.0331. The number of phenolic OH excluding ortho intramolecular Hbond substituents is 1. The maximum absolute atomic E-state index is 13.0. The lowest BCUT2D eigenvalue weighted by molar-refractivity contribution is 0.211. The highest BCUT2D eigenvalue weighted by Crippen LogP contribution is 2.19. The summed E-state index contributed by atoms with van der Waals surface area (Å²) in [5.74, 6) is -0.438. The van der Waals surface area contributed by atoms with Crippen LogP contribution in [-0.4, -0.2) is 28.7 Å². The number of benzene rings is 1. The van der Waals surface area contributed by atoms with Gasteiger partial charge in [0, 0.05) is 12.6 Å². The van der Waals surface area contributed by atoms with Gasteiger partial charge in [-0.15, -0.1) is 11.6 Å². The summed E-state index contributed by atoms with van der Waals surface area (Å²) in [4.78, 5) is 0. The summed E-state index contributed by atoms with van der Waals surface area (Å²) < 4.78 is 13.0. The molecule has 0 radical (unpaired) electrons. The third-order valence-electron chi connectivity index (χ3n) is 1.66. The van der Waals surface area contributed by atoms with Crippen LogP contribution < -0.4 is 5.32 Å². The minimum Gasteiger partial charge on any atom is -0.508 e. The third kappa shape index (κ3) is 3.05. The van der Waals surface area contributed by atoms with E-state index in [-0.39, 0.29) is 23.9 Å². The van der Waals surface area contributed by atoms with Crippen LogP contribution in [0.5, 0.6) is 5.75 Å².